The van der Waals surface area contributed by atoms with Gasteiger partial charge in [0.2, 0.25) is 0 Å². The van der Waals surface area contributed by atoms with Crippen LogP contribution >= 0.6 is 0 Å². The average Bonchev–Trinajstić information content (AvgIpc) is 3.23. The van der Waals surface area contributed by atoms with Gasteiger partial charge in [-0.25, -0.2) is 16.8 Å². The molecule has 1 N–H and O–H groups in total. The van der Waals surface area contributed by atoms with Crippen molar-refractivity contribution in [2.24, 2.45) is 5.41 Å². The van der Waals surface area contributed by atoms with Crippen LogP contribution in [0.25, 0.3) is 0 Å². The summed E-state index contributed by atoms with van der Waals surface area (Å²) in [6.45, 7) is 15.7. The molecule has 0 saturated carbocycles. The summed E-state index contributed by atoms with van der Waals surface area (Å²) in [6, 6.07) is 19.5. The number of sulfone groups is 1. The maximum Gasteiger partial charge on any atom is 0.179 e. The predicted octanol–water partition coefficient (Wildman–Crippen LogP) is 6.60. The second-order valence-electron chi connectivity index (χ2n) is 16.3. The Morgan fingerprint density at radius 3 is 2.04 bits per heavy atom. The lowest BCUT2D eigenvalue weighted by Crippen LogP contribution is -2.67. The minimum absolute atomic E-state index is 0.00850. The van der Waals surface area contributed by atoms with Crippen molar-refractivity contribution in [1.29, 1.82) is 0 Å². The van der Waals surface area contributed by atoms with Gasteiger partial charge in [0.05, 0.1) is 54.4 Å². The quantitative estimate of drug-likeness (QED) is 0.103. The molecule has 12 heteroatoms. The molecule has 0 aromatic heterocycles. The number of aliphatic hydroxyl groups excluding tert-OH is 1. The van der Waals surface area contributed by atoms with Crippen LogP contribution in [0.15, 0.2) is 76.5 Å². The van der Waals surface area contributed by atoms with Crippen LogP contribution in [0.1, 0.15) is 87.8 Å². The molecular weight excluding hydrogens is 735 g/mol. The number of aliphatic hydroxyl groups is 1. The molecule has 4 aliphatic heterocycles. The molecule has 2 atom stereocenters. The zero-order valence-electron chi connectivity index (χ0n) is 33.6. The van der Waals surface area contributed by atoms with Crippen LogP contribution in [-0.4, -0.2) is 114 Å². The average molecular weight is 798 g/mol. The van der Waals surface area contributed by atoms with Gasteiger partial charge in [0, 0.05) is 50.7 Å². The van der Waals surface area contributed by atoms with E-state index in [0.717, 1.165) is 54.7 Å². The highest BCUT2D eigenvalue weighted by Gasteiger charge is 2.49. The van der Waals surface area contributed by atoms with Crippen LogP contribution in [0.3, 0.4) is 0 Å². The molecule has 0 radical (unpaired) electrons. The Balaban J connectivity index is 0.000000454. The van der Waals surface area contributed by atoms with Crippen molar-refractivity contribution in [3.8, 4) is 5.75 Å². The van der Waals surface area contributed by atoms with Crippen LogP contribution in [0.5, 0.6) is 5.75 Å². The standard InChI is InChI=1S/C36H56N3O4S.C7H8O3S/c1-5-7-17-36(18-8-6-2)28-44(41,42)33-16-13-30(37(3)4)27-32(33)34(35(36)40)29-11-14-31(15-12-29)43-26-10-9-22-39-23-19-38(20-24-39)21-25-39;1-6-2-4-7(5-3-6)11(8,9)10/h11-16,27,34-35,40H,5-10,17-26,28H2,1-4H3;2-5H,1H3,(H,8,9,10)/q+1;/p-1. The van der Waals surface area contributed by atoms with Crippen LogP contribution in [-0.2, 0) is 20.0 Å². The number of ether oxygens (including phenoxy) is 1. The minimum atomic E-state index is -4.27. The minimum Gasteiger partial charge on any atom is -0.744 e. The number of piperazine rings is 3. The maximum absolute atomic E-state index is 14.1. The molecule has 4 heterocycles. The summed E-state index contributed by atoms with van der Waals surface area (Å²) in [6.07, 6.45) is 6.54. The van der Waals surface area contributed by atoms with Crippen molar-refractivity contribution in [3.63, 3.8) is 0 Å². The van der Waals surface area contributed by atoms with Crippen molar-refractivity contribution in [2.75, 3.05) is 77.2 Å². The number of aryl methyl sites for hydroxylation is 1. The summed E-state index contributed by atoms with van der Waals surface area (Å²) in [5, 5.41) is 12.4. The molecule has 304 valence electrons. The van der Waals surface area contributed by atoms with E-state index in [0.29, 0.717) is 29.9 Å². The molecule has 3 fully saturated rings. The molecule has 3 aromatic carbocycles. The maximum atomic E-state index is 14.1. The fourth-order valence-corrected chi connectivity index (χ4v) is 11.3. The summed E-state index contributed by atoms with van der Waals surface area (Å²) in [4.78, 5) is 4.78. The Hall–Kier alpha value is -3.00. The number of fused-ring (bicyclic) bond motifs is 4. The summed E-state index contributed by atoms with van der Waals surface area (Å²) in [5.41, 5.74) is 2.81. The number of anilines is 1. The van der Waals surface area contributed by atoms with Gasteiger partial charge >= 0.3 is 0 Å². The first-order valence-corrected chi connectivity index (χ1v) is 23.2. The van der Waals surface area contributed by atoms with E-state index < -0.39 is 37.4 Å². The van der Waals surface area contributed by atoms with E-state index in [1.165, 1.54) is 68.8 Å². The highest BCUT2D eigenvalue weighted by Crippen LogP contribution is 2.50. The van der Waals surface area contributed by atoms with Crippen LogP contribution in [0, 0.1) is 12.3 Å². The second kappa shape index (κ2) is 18.5. The molecule has 7 rings (SSSR count). The molecule has 0 amide bonds. The fourth-order valence-electron chi connectivity index (χ4n) is 8.67. The summed E-state index contributed by atoms with van der Waals surface area (Å²) < 4.78 is 66.8. The van der Waals surface area contributed by atoms with Gasteiger partial charge in [-0.05, 0) is 86.2 Å². The molecule has 3 aromatic rings. The van der Waals surface area contributed by atoms with Gasteiger partial charge in [0.15, 0.2) is 9.84 Å². The molecule has 0 spiro atoms. The van der Waals surface area contributed by atoms with Crippen LogP contribution in [0.2, 0.25) is 0 Å². The van der Waals surface area contributed by atoms with Crippen molar-refractivity contribution in [3.05, 3.63) is 83.4 Å². The highest BCUT2D eigenvalue weighted by atomic mass is 32.2. The van der Waals surface area contributed by atoms with Crippen molar-refractivity contribution >= 4 is 25.6 Å². The molecule has 55 heavy (non-hydrogen) atoms. The van der Waals surface area contributed by atoms with E-state index in [9.17, 15) is 26.5 Å². The Morgan fingerprint density at radius 2 is 1.49 bits per heavy atom. The molecule has 4 aliphatic rings. The van der Waals surface area contributed by atoms with E-state index in [-0.39, 0.29) is 10.6 Å². The summed E-state index contributed by atoms with van der Waals surface area (Å²) >= 11 is 0. The molecule has 2 bridgehead atoms. The van der Waals surface area contributed by atoms with Gasteiger partial charge in [-0.2, -0.15) is 0 Å². The second-order valence-corrected chi connectivity index (χ2v) is 19.7. The first-order valence-electron chi connectivity index (χ1n) is 20.2. The van der Waals surface area contributed by atoms with E-state index in [1.807, 2.05) is 62.3 Å². The highest BCUT2D eigenvalue weighted by molar-refractivity contribution is 7.91. The molecular formula is C43H63N3O7S2. The molecule has 10 nitrogen and oxygen atoms in total. The molecule has 3 saturated heterocycles. The van der Waals surface area contributed by atoms with Gasteiger partial charge in [-0.1, -0.05) is 69.4 Å². The largest absolute Gasteiger partial charge is 0.744 e. The van der Waals surface area contributed by atoms with Gasteiger partial charge in [-0.15, -0.1) is 0 Å². The predicted molar refractivity (Wildman–Crippen MR) is 219 cm³/mol. The van der Waals surface area contributed by atoms with Crippen molar-refractivity contribution in [2.45, 2.75) is 94.0 Å². The van der Waals surface area contributed by atoms with E-state index in [2.05, 4.69) is 18.7 Å². The topological polar surface area (TPSA) is 127 Å². The fraction of sp³-hybridized carbons (Fsp3) is 0.581. The van der Waals surface area contributed by atoms with Gasteiger partial charge in [0.1, 0.15) is 15.9 Å². The lowest BCUT2D eigenvalue weighted by atomic mass is 9.68. The first-order chi connectivity index (χ1) is 26.1. The van der Waals surface area contributed by atoms with E-state index in [4.69, 9.17) is 4.74 Å². The number of hydrogen-bond acceptors (Lipinski definition) is 9. The van der Waals surface area contributed by atoms with E-state index in [1.54, 1.807) is 18.2 Å². The third kappa shape index (κ3) is 10.7. The van der Waals surface area contributed by atoms with Crippen molar-refractivity contribution in [1.82, 2.24) is 4.90 Å². The van der Waals surface area contributed by atoms with Crippen LogP contribution < -0.4 is 9.64 Å². The third-order valence-corrected chi connectivity index (χ3v) is 15.0. The van der Waals surface area contributed by atoms with Gasteiger partial charge in [0.25, 0.3) is 0 Å². The van der Waals surface area contributed by atoms with E-state index >= 15 is 0 Å². The van der Waals surface area contributed by atoms with Gasteiger partial charge in [-0.3, -0.25) is 4.90 Å². The van der Waals surface area contributed by atoms with Gasteiger partial charge < -0.3 is 23.8 Å². The van der Waals surface area contributed by atoms with Crippen molar-refractivity contribution < 1.29 is 35.7 Å². The Morgan fingerprint density at radius 1 is 0.891 bits per heavy atom. The summed E-state index contributed by atoms with van der Waals surface area (Å²) in [7, 11) is -3.95. The number of hydrogen-bond donors (Lipinski definition) is 1. The number of nitrogens with zero attached hydrogens (tertiary/aromatic N) is 3. The number of rotatable bonds is 15. The summed E-state index contributed by atoms with van der Waals surface area (Å²) in [5.74, 6) is 0.378. The van der Waals surface area contributed by atoms with Crippen LogP contribution in [0.4, 0.5) is 5.69 Å². The number of unbranched alkanes of at least 4 members (excludes halogenated alkanes) is 3. The smallest absolute Gasteiger partial charge is 0.179 e. The SMILES string of the molecule is CCCCC1(CCCC)CS(=O)(=O)c2ccc(N(C)C)cc2C(c2ccc(OCCCC[N+]34CCN(CC3)CC4)cc2)C1O.Cc1ccc(S(=O)(=O)[O-])cc1. The third-order valence-electron chi connectivity index (χ3n) is 12.2. The molecule has 0 aliphatic carbocycles. The lowest BCUT2D eigenvalue weighted by Gasteiger charge is -2.50. The molecule has 2 unspecified atom stereocenters. The lowest BCUT2D eigenvalue weighted by molar-refractivity contribution is -0.941. The normalized spacial score (nSPS) is 23.9. The Bertz CT molecular complexity index is 1890. The Labute approximate surface area is 330 Å². The first kappa shape index (κ1) is 43.1. The Kier molecular flexibility index (Phi) is 14.5. The number of quaternary nitrogens is 1. The monoisotopic (exact) mass is 797 g/mol. The number of benzene rings is 3. The zero-order chi connectivity index (χ0) is 39.9. The zero-order valence-corrected chi connectivity index (χ0v) is 35.2.